The standard InChI is InChI=1S/C26H22O4/c1-19-17-23(28-21-9-5-3-6-10-21)13-14-25(19)30-26(16-15-24(27)20(2)18-26)29-22-11-7-4-8-12-22/h3-18H,1-2H3. The van der Waals surface area contributed by atoms with Gasteiger partial charge in [-0.25, -0.2) is 0 Å². The van der Waals surface area contributed by atoms with Crippen LogP contribution in [0.5, 0.6) is 23.0 Å². The lowest BCUT2D eigenvalue weighted by molar-refractivity contribution is -0.112. The Hall–Kier alpha value is -3.79. The number of hydrogen-bond acceptors (Lipinski definition) is 4. The summed E-state index contributed by atoms with van der Waals surface area (Å²) in [7, 11) is 0. The number of para-hydroxylation sites is 2. The van der Waals surface area contributed by atoms with Gasteiger partial charge in [-0.15, -0.1) is 0 Å². The van der Waals surface area contributed by atoms with E-state index in [0.29, 0.717) is 22.8 Å². The van der Waals surface area contributed by atoms with E-state index in [1.807, 2.05) is 85.8 Å². The first-order chi connectivity index (χ1) is 14.5. The third-order valence-electron chi connectivity index (χ3n) is 4.69. The zero-order chi connectivity index (χ0) is 21.0. The van der Waals surface area contributed by atoms with Crippen molar-refractivity contribution < 1.29 is 19.0 Å². The Morgan fingerprint density at radius 1 is 0.733 bits per heavy atom. The minimum absolute atomic E-state index is 0.0609. The molecule has 1 unspecified atom stereocenters. The van der Waals surface area contributed by atoms with Crippen LogP contribution in [0.1, 0.15) is 12.5 Å². The summed E-state index contributed by atoms with van der Waals surface area (Å²) in [5.74, 6) is 1.48. The Morgan fingerprint density at radius 3 is 2.03 bits per heavy atom. The SMILES string of the molecule is CC1=CC(Oc2ccccc2)(Oc2ccc(Oc3ccccc3)cc2C)C=CC1=O. The highest BCUT2D eigenvalue weighted by atomic mass is 16.7. The average Bonchev–Trinajstić information content (AvgIpc) is 2.75. The van der Waals surface area contributed by atoms with Crippen LogP contribution < -0.4 is 14.2 Å². The Kier molecular flexibility index (Phi) is 5.40. The second-order valence-corrected chi connectivity index (χ2v) is 7.11. The van der Waals surface area contributed by atoms with Crippen LogP contribution in [0.4, 0.5) is 0 Å². The molecule has 1 aliphatic carbocycles. The third kappa shape index (κ3) is 4.44. The molecule has 4 nitrogen and oxygen atoms in total. The minimum Gasteiger partial charge on any atom is -0.457 e. The van der Waals surface area contributed by atoms with Gasteiger partial charge in [0.15, 0.2) is 5.78 Å². The number of rotatable bonds is 6. The summed E-state index contributed by atoms with van der Waals surface area (Å²) in [6.07, 6.45) is 4.83. The van der Waals surface area contributed by atoms with Gasteiger partial charge < -0.3 is 14.2 Å². The van der Waals surface area contributed by atoms with Crippen molar-refractivity contribution in [3.05, 3.63) is 108 Å². The van der Waals surface area contributed by atoms with Crippen LogP contribution in [0.3, 0.4) is 0 Å². The van der Waals surface area contributed by atoms with Crippen molar-refractivity contribution >= 4 is 5.78 Å². The molecule has 3 aromatic rings. The molecule has 0 aliphatic heterocycles. The summed E-state index contributed by atoms with van der Waals surface area (Å²) < 4.78 is 18.4. The highest BCUT2D eigenvalue weighted by Gasteiger charge is 2.34. The van der Waals surface area contributed by atoms with Gasteiger partial charge in [0.05, 0.1) is 0 Å². The molecular weight excluding hydrogens is 376 g/mol. The van der Waals surface area contributed by atoms with E-state index in [0.717, 1.165) is 11.3 Å². The first-order valence-corrected chi connectivity index (χ1v) is 9.73. The van der Waals surface area contributed by atoms with E-state index in [4.69, 9.17) is 14.2 Å². The van der Waals surface area contributed by atoms with Crippen molar-refractivity contribution in [2.75, 3.05) is 0 Å². The Morgan fingerprint density at radius 2 is 1.40 bits per heavy atom. The van der Waals surface area contributed by atoms with Crippen molar-refractivity contribution in [3.63, 3.8) is 0 Å². The molecule has 1 atom stereocenters. The highest BCUT2D eigenvalue weighted by molar-refractivity contribution is 6.04. The fourth-order valence-electron chi connectivity index (χ4n) is 3.16. The van der Waals surface area contributed by atoms with Crippen molar-refractivity contribution in [3.8, 4) is 23.0 Å². The summed E-state index contributed by atoms with van der Waals surface area (Å²) in [6.45, 7) is 3.69. The number of ether oxygens (including phenoxy) is 3. The van der Waals surface area contributed by atoms with Crippen molar-refractivity contribution in [2.24, 2.45) is 0 Å². The molecule has 0 spiro atoms. The summed E-state index contributed by atoms with van der Waals surface area (Å²) in [4.78, 5) is 12.0. The summed E-state index contributed by atoms with van der Waals surface area (Å²) in [5.41, 5.74) is 1.45. The van der Waals surface area contributed by atoms with Crippen molar-refractivity contribution in [1.29, 1.82) is 0 Å². The number of allylic oxidation sites excluding steroid dienone is 2. The molecule has 4 heteroatoms. The lowest BCUT2D eigenvalue weighted by Crippen LogP contribution is -2.41. The zero-order valence-electron chi connectivity index (χ0n) is 16.9. The van der Waals surface area contributed by atoms with Gasteiger partial charge in [0.2, 0.25) is 0 Å². The smallest absolute Gasteiger partial charge is 0.292 e. The quantitative estimate of drug-likeness (QED) is 0.476. The Bertz CT molecular complexity index is 1100. The van der Waals surface area contributed by atoms with Gasteiger partial charge in [-0.3, -0.25) is 4.79 Å². The first-order valence-electron chi connectivity index (χ1n) is 9.73. The van der Waals surface area contributed by atoms with Crippen LogP contribution in [0.2, 0.25) is 0 Å². The number of benzene rings is 3. The van der Waals surface area contributed by atoms with Crippen molar-refractivity contribution in [2.45, 2.75) is 19.6 Å². The fraction of sp³-hybridized carbons (Fsp3) is 0.115. The topological polar surface area (TPSA) is 44.8 Å². The molecule has 4 rings (SSSR count). The Labute approximate surface area is 176 Å². The predicted octanol–water partition coefficient (Wildman–Crippen LogP) is 6.03. The molecule has 0 N–H and O–H groups in total. The maximum atomic E-state index is 12.0. The molecule has 1 aliphatic rings. The fourth-order valence-corrected chi connectivity index (χ4v) is 3.16. The summed E-state index contributed by atoms with van der Waals surface area (Å²) >= 11 is 0. The number of ketones is 1. The predicted molar refractivity (Wildman–Crippen MR) is 116 cm³/mol. The lowest BCUT2D eigenvalue weighted by Gasteiger charge is -2.32. The molecule has 0 saturated heterocycles. The maximum Gasteiger partial charge on any atom is 0.292 e. The molecule has 30 heavy (non-hydrogen) atoms. The molecule has 0 saturated carbocycles. The molecule has 0 bridgehead atoms. The van der Waals surface area contributed by atoms with E-state index in [1.165, 1.54) is 6.08 Å². The molecule has 0 radical (unpaired) electrons. The van der Waals surface area contributed by atoms with Gasteiger partial charge in [0, 0.05) is 17.7 Å². The second kappa shape index (κ2) is 8.29. The Balaban J connectivity index is 1.61. The van der Waals surface area contributed by atoms with E-state index in [2.05, 4.69) is 0 Å². The minimum atomic E-state index is -1.22. The van der Waals surface area contributed by atoms with Gasteiger partial charge in [-0.1, -0.05) is 36.4 Å². The van der Waals surface area contributed by atoms with E-state index in [1.54, 1.807) is 19.1 Å². The van der Waals surface area contributed by atoms with Crippen LogP contribution in [-0.4, -0.2) is 11.6 Å². The largest absolute Gasteiger partial charge is 0.457 e. The monoisotopic (exact) mass is 398 g/mol. The average molecular weight is 398 g/mol. The van der Waals surface area contributed by atoms with E-state index >= 15 is 0 Å². The zero-order valence-corrected chi connectivity index (χ0v) is 16.9. The summed E-state index contributed by atoms with van der Waals surface area (Å²) in [6, 6.07) is 24.6. The second-order valence-electron chi connectivity index (χ2n) is 7.11. The molecule has 0 aromatic heterocycles. The first kappa shape index (κ1) is 19.5. The molecule has 0 heterocycles. The number of carbonyl (C=O) groups is 1. The van der Waals surface area contributed by atoms with E-state index in [9.17, 15) is 4.79 Å². The van der Waals surface area contributed by atoms with Gasteiger partial charge in [0.25, 0.3) is 5.79 Å². The molecule has 150 valence electrons. The van der Waals surface area contributed by atoms with Crippen LogP contribution in [0.15, 0.2) is 103 Å². The van der Waals surface area contributed by atoms with Crippen LogP contribution >= 0.6 is 0 Å². The lowest BCUT2D eigenvalue weighted by atomic mass is 10.0. The number of carbonyl (C=O) groups excluding carboxylic acids is 1. The number of hydrogen-bond donors (Lipinski definition) is 0. The van der Waals surface area contributed by atoms with Gasteiger partial charge in [-0.2, -0.15) is 0 Å². The molecular formula is C26H22O4. The van der Waals surface area contributed by atoms with Crippen molar-refractivity contribution in [1.82, 2.24) is 0 Å². The van der Waals surface area contributed by atoms with Crippen LogP contribution in [0.25, 0.3) is 0 Å². The summed E-state index contributed by atoms with van der Waals surface area (Å²) in [5, 5.41) is 0. The normalized spacial score (nSPS) is 17.9. The third-order valence-corrected chi connectivity index (χ3v) is 4.69. The molecule has 0 fully saturated rings. The number of aryl methyl sites for hydroxylation is 1. The van der Waals surface area contributed by atoms with Gasteiger partial charge >= 0.3 is 0 Å². The molecule has 0 amide bonds. The van der Waals surface area contributed by atoms with Gasteiger partial charge in [0.1, 0.15) is 23.0 Å². The molecule has 3 aromatic carbocycles. The van der Waals surface area contributed by atoms with E-state index < -0.39 is 5.79 Å². The highest BCUT2D eigenvalue weighted by Crippen LogP contribution is 2.33. The van der Waals surface area contributed by atoms with Crippen LogP contribution in [-0.2, 0) is 4.79 Å². The maximum absolute atomic E-state index is 12.0. The van der Waals surface area contributed by atoms with Crippen LogP contribution in [0, 0.1) is 6.92 Å². The van der Waals surface area contributed by atoms with Gasteiger partial charge in [-0.05, 0) is 68.0 Å². The van der Waals surface area contributed by atoms with E-state index in [-0.39, 0.29) is 5.78 Å².